The van der Waals surface area contributed by atoms with Gasteiger partial charge in [-0.15, -0.1) is 10.2 Å². The van der Waals surface area contributed by atoms with E-state index in [0.717, 1.165) is 5.16 Å². The van der Waals surface area contributed by atoms with Crippen molar-refractivity contribution in [3.8, 4) is 0 Å². The van der Waals surface area contributed by atoms with E-state index in [0.29, 0.717) is 12.3 Å². The number of nitrogens with zero attached hydrogens (tertiary/aromatic N) is 3. The van der Waals surface area contributed by atoms with Crippen LogP contribution < -0.4 is 18.1 Å². The van der Waals surface area contributed by atoms with Gasteiger partial charge in [-0.3, -0.25) is 0 Å². The second kappa shape index (κ2) is 6.20. The minimum atomic E-state index is -0.355. The van der Waals surface area contributed by atoms with Gasteiger partial charge in [-0.1, -0.05) is 11.8 Å². The number of thioether (sulfide) groups is 1. The highest BCUT2D eigenvalue weighted by Crippen LogP contribution is 2.13. The molecule has 0 saturated carbocycles. The van der Waals surface area contributed by atoms with Gasteiger partial charge in [0.2, 0.25) is 0 Å². The maximum Gasteiger partial charge on any atom is 0.190 e. The molecule has 0 aliphatic carbocycles. The van der Waals surface area contributed by atoms with Crippen LogP contribution in [0.25, 0.3) is 0 Å². The molecule has 0 radical (unpaired) electrons. The number of aryl methyl sites for hydroxylation is 1. The summed E-state index contributed by atoms with van der Waals surface area (Å²) < 4.78 is 1.82. The lowest BCUT2D eigenvalue weighted by Gasteiger charge is -2.03. The van der Waals surface area contributed by atoms with Crippen LogP contribution in [0.4, 0.5) is 0 Å². The molecule has 1 atom stereocenters. The molecule has 0 aromatic carbocycles. The quantitative estimate of drug-likeness (QED) is 0.506. The van der Waals surface area contributed by atoms with Gasteiger partial charge < -0.3 is 27.8 Å². The first-order valence-electron chi connectivity index (χ1n) is 3.68. The van der Waals surface area contributed by atoms with E-state index in [1.54, 1.807) is 6.33 Å². The third-order valence-corrected chi connectivity index (χ3v) is 2.59. The third-order valence-electron chi connectivity index (χ3n) is 1.41. The summed E-state index contributed by atoms with van der Waals surface area (Å²) in [7, 11) is 1.87. The molecule has 5 nitrogen and oxygen atoms in total. The normalized spacial score (nSPS) is 12.2. The van der Waals surface area contributed by atoms with Gasteiger partial charge in [0.05, 0.1) is 0 Å². The molecule has 1 aromatic rings. The summed E-state index contributed by atoms with van der Waals surface area (Å²) in [6.45, 7) is 0.533. The van der Waals surface area contributed by atoms with Gasteiger partial charge >= 0.3 is 0 Å². The first-order valence-corrected chi connectivity index (χ1v) is 4.66. The van der Waals surface area contributed by atoms with Crippen molar-refractivity contribution in [1.82, 2.24) is 14.8 Å². The van der Waals surface area contributed by atoms with Crippen molar-refractivity contribution in [2.24, 2.45) is 7.05 Å². The van der Waals surface area contributed by atoms with E-state index in [1.165, 1.54) is 11.8 Å². The summed E-state index contributed by atoms with van der Waals surface area (Å²) in [5.74, 6) is 0.621. The van der Waals surface area contributed by atoms with Crippen LogP contribution in [0.5, 0.6) is 0 Å². The number of hydrogen-bond acceptors (Lipinski definition) is 4. The van der Waals surface area contributed by atoms with Gasteiger partial charge in [0, 0.05) is 12.8 Å². The van der Waals surface area contributed by atoms with Crippen molar-refractivity contribution in [3.05, 3.63) is 6.33 Å². The Labute approximate surface area is 87.1 Å². The number of aromatic nitrogens is 3. The Morgan fingerprint density at radius 2 is 2.46 bits per heavy atom. The number of hydrogen-bond donors (Lipinski definition) is 2. The molecule has 7 heteroatoms. The third kappa shape index (κ3) is 3.95. The first-order chi connectivity index (χ1) is 5.74. The molecule has 4 N–H and O–H groups in total. The predicted molar refractivity (Wildman–Crippen MR) is 45.5 cm³/mol. The number of rotatable bonds is 4. The molecule has 0 amide bonds. The number of quaternary nitrogens is 1. The summed E-state index contributed by atoms with van der Waals surface area (Å²) in [6, 6.07) is 0. The number of aliphatic hydroxyl groups is 1. The highest BCUT2D eigenvalue weighted by Gasteiger charge is 2.07. The minimum absolute atomic E-state index is 0. The maximum atomic E-state index is 9.21. The molecule has 1 aromatic heterocycles. The van der Waals surface area contributed by atoms with Crippen molar-refractivity contribution < 1.29 is 23.2 Å². The molecule has 0 aliphatic rings. The molecule has 0 aliphatic heterocycles. The van der Waals surface area contributed by atoms with E-state index < -0.39 is 0 Å². The van der Waals surface area contributed by atoms with Crippen molar-refractivity contribution in [2.75, 3.05) is 12.3 Å². The Morgan fingerprint density at radius 1 is 1.77 bits per heavy atom. The molecule has 1 heterocycles. The zero-order valence-electron chi connectivity index (χ0n) is 7.35. The summed E-state index contributed by atoms with van der Waals surface area (Å²) in [5.41, 5.74) is 3.60. The van der Waals surface area contributed by atoms with E-state index in [2.05, 4.69) is 15.9 Å². The molecule has 0 bridgehead atoms. The smallest absolute Gasteiger partial charge is 0.190 e. The van der Waals surface area contributed by atoms with Crippen LogP contribution in [0.3, 0.4) is 0 Å². The number of aliphatic hydroxyl groups excluding tert-OH is 1. The van der Waals surface area contributed by atoms with E-state index in [-0.39, 0.29) is 18.5 Å². The topological polar surface area (TPSA) is 78.6 Å². The molecule has 0 fully saturated rings. The van der Waals surface area contributed by atoms with Gasteiger partial charge in [0.25, 0.3) is 0 Å². The molecule has 1 unspecified atom stereocenters. The fourth-order valence-corrected chi connectivity index (χ4v) is 1.52. The second-order valence-electron chi connectivity index (χ2n) is 2.48. The minimum Gasteiger partial charge on any atom is -1.00 e. The Kier molecular flexibility index (Phi) is 6.06. The van der Waals surface area contributed by atoms with Gasteiger partial charge in [-0.25, -0.2) is 0 Å². The SMILES string of the molecule is Cn1cnnc1SCC(O)C[NH3+].[Cl-]. The monoisotopic (exact) mass is 224 g/mol. The molecular formula is C6H13ClN4OS. The Balaban J connectivity index is 0.00000144. The van der Waals surface area contributed by atoms with E-state index >= 15 is 0 Å². The van der Waals surface area contributed by atoms with Crippen molar-refractivity contribution in [3.63, 3.8) is 0 Å². The zero-order chi connectivity index (χ0) is 8.97. The number of halogens is 1. The second-order valence-corrected chi connectivity index (χ2v) is 3.47. The molecule has 0 spiro atoms. The standard InChI is InChI=1S/C6H12N4OS.ClH/c1-10-4-8-9-6(10)12-3-5(11)2-7;/h4-5,11H,2-3,7H2,1H3;1H. The van der Waals surface area contributed by atoms with Gasteiger partial charge in [-0.2, -0.15) is 0 Å². The fraction of sp³-hybridized carbons (Fsp3) is 0.667. The molecule has 1 rings (SSSR count). The fourth-order valence-electron chi connectivity index (χ4n) is 0.657. The van der Waals surface area contributed by atoms with Gasteiger partial charge in [0.1, 0.15) is 19.0 Å². The van der Waals surface area contributed by atoms with Crippen LogP contribution in [-0.2, 0) is 7.05 Å². The summed E-state index contributed by atoms with van der Waals surface area (Å²) in [6.07, 6.45) is 1.28. The molecular weight excluding hydrogens is 212 g/mol. The Hall–Kier alpha value is -0.300. The van der Waals surface area contributed by atoms with Crippen LogP contribution in [0, 0.1) is 0 Å². The van der Waals surface area contributed by atoms with Gasteiger partial charge in [0.15, 0.2) is 5.16 Å². The first kappa shape index (κ1) is 12.7. The van der Waals surface area contributed by atoms with Crippen molar-refractivity contribution in [2.45, 2.75) is 11.3 Å². The van der Waals surface area contributed by atoms with Crippen LogP contribution in [0.1, 0.15) is 0 Å². The van der Waals surface area contributed by atoms with E-state index in [1.807, 2.05) is 11.6 Å². The van der Waals surface area contributed by atoms with Crippen LogP contribution in [0.2, 0.25) is 0 Å². The molecule has 0 saturated heterocycles. The average molecular weight is 225 g/mol. The summed E-state index contributed by atoms with van der Waals surface area (Å²) in [4.78, 5) is 0. The highest BCUT2D eigenvalue weighted by molar-refractivity contribution is 7.99. The lowest BCUT2D eigenvalue weighted by Crippen LogP contribution is -3.00. The largest absolute Gasteiger partial charge is 1.00 e. The van der Waals surface area contributed by atoms with Crippen LogP contribution in [0.15, 0.2) is 11.5 Å². The Morgan fingerprint density at radius 3 is 2.92 bits per heavy atom. The van der Waals surface area contributed by atoms with E-state index in [9.17, 15) is 5.11 Å². The van der Waals surface area contributed by atoms with E-state index in [4.69, 9.17) is 0 Å². The van der Waals surface area contributed by atoms with Gasteiger partial charge in [-0.05, 0) is 0 Å². The predicted octanol–water partition coefficient (Wildman–Crippen LogP) is -4.49. The van der Waals surface area contributed by atoms with Crippen molar-refractivity contribution in [1.29, 1.82) is 0 Å². The van der Waals surface area contributed by atoms with Crippen LogP contribution >= 0.6 is 11.8 Å². The average Bonchev–Trinajstić information content (AvgIpc) is 2.47. The Bertz CT molecular complexity index is 244. The highest BCUT2D eigenvalue weighted by atomic mass is 35.5. The zero-order valence-corrected chi connectivity index (χ0v) is 8.92. The molecule has 76 valence electrons. The van der Waals surface area contributed by atoms with Crippen LogP contribution in [-0.4, -0.2) is 38.3 Å². The summed E-state index contributed by atoms with van der Waals surface area (Å²) in [5, 5.41) is 17.6. The lowest BCUT2D eigenvalue weighted by molar-refractivity contribution is -0.381. The van der Waals surface area contributed by atoms with Crippen molar-refractivity contribution >= 4 is 11.8 Å². The molecule has 13 heavy (non-hydrogen) atoms. The maximum absolute atomic E-state index is 9.21. The lowest BCUT2D eigenvalue weighted by atomic mass is 10.4. The summed E-state index contributed by atoms with van der Waals surface area (Å²) >= 11 is 1.49.